The van der Waals surface area contributed by atoms with Crippen molar-refractivity contribution in [1.29, 1.82) is 0 Å². The zero-order chi connectivity index (χ0) is 22.1. The molecule has 31 heavy (non-hydrogen) atoms. The van der Waals surface area contributed by atoms with Crippen molar-refractivity contribution < 1.29 is 14.6 Å². The van der Waals surface area contributed by atoms with Crippen LogP contribution in [0.15, 0.2) is 24.3 Å². The van der Waals surface area contributed by atoms with Crippen LogP contribution in [0.2, 0.25) is 0 Å². The molecule has 1 aromatic rings. The van der Waals surface area contributed by atoms with Crippen molar-refractivity contribution in [2.75, 3.05) is 52.9 Å². The topological polar surface area (TPSA) is 82.3 Å². The van der Waals surface area contributed by atoms with E-state index in [-0.39, 0.29) is 5.91 Å². The Bertz CT molecular complexity index is 673. The summed E-state index contributed by atoms with van der Waals surface area (Å²) >= 11 is 0. The van der Waals surface area contributed by atoms with Crippen molar-refractivity contribution in [2.24, 2.45) is 5.73 Å². The van der Waals surface area contributed by atoms with Crippen LogP contribution in [-0.4, -0.2) is 90.8 Å². The van der Waals surface area contributed by atoms with Gasteiger partial charge in [-0.1, -0.05) is 31.4 Å². The van der Waals surface area contributed by atoms with Crippen molar-refractivity contribution in [2.45, 2.75) is 57.2 Å². The fourth-order valence-corrected chi connectivity index (χ4v) is 4.68. The summed E-state index contributed by atoms with van der Waals surface area (Å²) in [6, 6.07) is 8.79. The maximum atomic E-state index is 11.0. The molecule has 0 radical (unpaired) electrons. The van der Waals surface area contributed by atoms with Crippen LogP contribution >= 0.6 is 0 Å². The number of benzene rings is 1. The standard InChI is InChI=1S/C24H40N4O3/c1-26(21-7-3-2-4-8-21)18-22(29)19-31-23-9-5-6-20(16-23)17-28-14-12-27(13-15-28)11-10-24(25)30/h5-6,9,16,21-22,29H,2-4,7-8,10-15,17-19H2,1H3,(H2,25,30). The van der Waals surface area contributed by atoms with Gasteiger partial charge in [0.2, 0.25) is 5.91 Å². The van der Waals surface area contributed by atoms with E-state index >= 15 is 0 Å². The maximum Gasteiger partial charge on any atom is 0.218 e. The zero-order valence-corrected chi connectivity index (χ0v) is 19.0. The smallest absolute Gasteiger partial charge is 0.218 e. The minimum Gasteiger partial charge on any atom is -0.491 e. The summed E-state index contributed by atoms with van der Waals surface area (Å²) in [4.78, 5) is 18.0. The molecule has 1 atom stereocenters. The fraction of sp³-hybridized carbons (Fsp3) is 0.708. The molecule has 1 saturated carbocycles. The molecule has 0 spiro atoms. The third kappa shape index (κ3) is 8.41. The highest BCUT2D eigenvalue weighted by atomic mass is 16.5. The molecule has 1 unspecified atom stereocenters. The molecule has 1 aliphatic carbocycles. The number of hydrogen-bond donors (Lipinski definition) is 2. The molecule has 7 nitrogen and oxygen atoms in total. The highest BCUT2D eigenvalue weighted by molar-refractivity contribution is 5.73. The van der Waals surface area contributed by atoms with Crippen LogP contribution in [0.1, 0.15) is 44.1 Å². The van der Waals surface area contributed by atoms with Gasteiger partial charge in [0.1, 0.15) is 18.5 Å². The van der Waals surface area contributed by atoms with Crippen LogP contribution in [0.3, 0.4) is 0 Å². The Morgan fingerprint density at radius 1 is 1.19 bits per heavy atom. The van der Waals surface area contributed by atoms with E-state index in [0.29, 0.717) is 25.6 Å². The summed E-state index contributed by atoms with van der Waals surface area (Å²) in [6.45, 7) is 6.50. The fourth-order valence-electron chi connectivity index (χ4n) is 4.68. The Kier molecular flexibility index (Phi) is 9.58. The minimum absolute atomic E-state index is 0.231. The number of hydrogen-bond acceptors (Lipinski definition) is 6. The third-order valence-electron chi connectivity index (χ3n) is 6.58. The molecular formula is C24H40N4O3. The van der Waals surface area contributed by atoms with Gasteiger partial charge in [-0.15, -0.1) is 0 Å². The van der Waals surface area contributed by atoms with Crippen LogP contribution < -0.4 is 10.5 Å². The van der Waals surface area contributed by atoms with Crippen molar-refractivity contribution in [1.82, 2.24) is 14.7 Å². The number of likely N-dealkylation sites (N-methyl/N-ethyl adjacent to an activating group) is 1. The van der Waals surface area contributed by atoms with Crippen LogP contribution in [0.25, 0.3) is 0 Å². The van der Waals surface area contributed by atoms with Gasteiger partial charge in [0, 0.05) is 58.3 Å². The van der Waals surface area contributed by atoms with Crippen LogP contribution in [0.4, 0.5) is 0 Å². The van der Waals surface area contributed by atoms with Gasteiger partial charge in [0.15, 0.2) is 0 Å². The lowest BCUT2D eigenvalue weighted by Gasteiger charge is -2.34. The first-order valence-electron chi connectivity index (χ1n) is 11.8. The van der Waals surface area contributed by atoms with Crippen molar-refractivity contribution in [3.8, 4) is 5.75 Å². The van der Waals surface area contributed by atoms with E-state index in [2.05, 4.69) is 33.9 Å². The van der Waals surface area contributed by atoms with Crippen molar-refractivity contribution >= 4 is 5.91 Å². The summed E-state index contributed by atoms with van der Waals surface area (Å²) in [7, 11) is 2.12. The predicted molar refractivity (Wildman–Crippen MR) is 123 cm³/mol. The second-order valence-corrected chi connectivity index (χ2v) is 9.18. The van der Waals surface area contributed by atoms with Gasteiger partial charge in [-0.2, -0.15) is 0 Å². The Balaban J connectivity index is 1.38. The first-order chi connectivity index (χ1) is 15.0. The largest absolute Gasteiger partial charge is 0.491 e. The van der Waals surface area contributed by atoms with E-state index in [0.717, 1.165) is 45.0 Å². The second kappa shape index (κ2) is 12.4. The van der Waals surface area contributed by atoms with Gasteiger partial charge in [-0.05, 0) is 37.6 Å². The first-order valence-corrected chi connectivity index (χ1v) is 11.8. The van der Waals surface area contributed by atoms with Crippen LogP contribution in [0, 0.1) is 0 Å². The number of piperazine rings is 1. The number of carbonyl (C=O) groups is 1. The van der Waals surface area contributed by atoms with Crippen LogP contribution in [0.5, 0.6) is 5.75 Å². The van der Waals surface area contributed by atoms with E-state index in [1.807, 2.05) is 12.1 Å². The molecule has 1 aliphatic heterocycles. The van der Waals surface area contributed by atoms with E-state index in [4.69, 9.17) is 10.5 Å². The summed E-state index contributed by atoms with van der Waals surface area (Å²) in [5.74, 6) is 0.585. The lowest BCUT2D eigenvalue weighted by Crippen LogP contribution is -2.46. The zero-order valence-electron chi connectivity index (χ0n) is 19.0. The lowest BCUT2D eigenvalue weighted by molar-refractivity contribution is -0.118. The number of carbonyl (C=O) groups excluding carboxylic acids is 1. The summed E-state index contributed by atoms with van der Waals surface area (Å²) in [5, 5.41) is 10.4. The van der Waals surface area contributed by atoms with Gasteiger partial charge < -0.3 is 25.4 Å². The summed E-state index contributed by atoms with van der Waals surface area (Å²) < 4.78 is 5.91. The number of nitrogens with zero attached hydrogens (tertiary/aromatic N) is 3. The van der Waals surface area contributed by atoms with E-state index in [1.165, 1.54) is 37.7 Å². The molecule has 174 valence electrons. The normalized spacial score (nSPS) is 20.1. The predicted octanol–water partition coefficient (Wildman–Crippen LogP) is 1.68. The van der Waals surface area contributed by atoms with Gasteiger partial charge in [-0.25, -0.2) is 0 Å². The molecular weight excluding hydrogens is 392 g/mol. The van der Waals surface area contributed by atoms with Crippen molar-refractivity contribution in [3.05, 3.63) is 29.8 Å². The molecule has 0 bridgehead atoms. The molecule has 1 aromatic carbocycles. The molecule has 7 heteroatoms. The molecule has 1 amide bonds. The van der Waals surface area contributed by atoms with Gasteiger partial charge >= 0.3 is 0 Å². The van der Waals surface area contributed by atoms with Crippen molar-refractivity contribution in [3.63, 3.8) is 0 Å². The number of aliphatic hydroxyl groups excluding tert-OH is 1. The Morgan fingerprint density at radius 3 is 2.61 bits per heavy atom. The number of nitrogens with two attached hydrogens (primary N) is 1. The Morgan fingerprint density at radius 2 is 1.90 bits per heavy atom. The molecule has 1 heterocycles. The highest BCUT2D eigenvalue weighted by Gasteiger charge is 2.20. The molecule has 3 rings (SSSR count). The van der Waals surface area contributed by atoms with E-state index in [1.54, 1.807) is 0 Å². The summed E-state index contributed by atoms with van der Waals surface area (Å²) in [6.07, 6.45) is 6.38. The number of aliphatic hydroxyl groups is 1. The molecule has 0 aromatic heterocycles. The number of rotatable bonds is 11. The lowest BCUT2D eigenvalue weighted by atomic mass is 9.94. The van der Waals surface area contributed by atoms with Gasteiger partial charge in [0.25, 0.3) is 0 Å². The van der Waals surface area contributed by atoms with E-state index in [9.17, 15) is 9.90 Å². The summed E-state index contributed by atoms with van der Waals surface area (Å²) in [5.41, 5.74) is 6.47. The second-order valence-electron chi connectivity index (χ2n) is 9.18. The Labute approximate surface area is 187 Å². The molecule has 2 aliphatic rings. The number of ether oxygens (including phenoxy) is 1. The minimum atomic E-state index is -0.482. The van der Waals surface area contributed by atoms with E-state index < -0.39 is 6.10 Å². The Hall–Kier alpha value is -1.67. The number of amides is 1. The van der Waals surface area contributed by atoms with Crippen LogP contribution in [-0.2, 0) is 11.3 Å². The molecule has 2 fully saturated rings. The average Bonchev–Trinajstić information content (AvgIpc) is 2.78. The SMILES string of the molecule is CN(CC(O)COc1cccc(CN2CCN(CCC(N)=O)CC2)c1)C1CCCCC1. The average molecular weight is 433 g/mol. The third-order valence-corrected chi connectivity index (χ3v) is 6.58. The van der Waals surface area contributed by atoms with Gasteiger partial charge in [0.05, 0.1) is 0 Å². The quantitative estimate of drug-likeness (QED) is 0.554. The monoisotopic (exact) mass is 432 g/mol. The highest BCUT2D eigenvalue weighted by Crippen LogP contribution is 2.22. The maximum absolute atomic E-state index is 11.0. The van der Waals surface area contributed by atoms with Gasteiger partial charge in [-0.3, -0.25) is 9.69 Å². The first kappa shape index (κ1) is 24.0. The number of primary amides is 1. The molecule has 3 N–H and O–H groups in total. The molecule has 1 saturated heterocycles.